The molecule has 6 nitrogen and oxygen atoms in total. The number of carbonyl (C=O) groups is 2. The molecule has 1 N–H and O–H groups in total. The van der Waals surface area contributed by atoms with Gasteiger partial charge in [0.2, 0.25) is 5.91 Å². The van der Waals surface area contributed by atoms with Gasteiger partial charge in [0.05, 0.1) is 12.6 Å². The largest absolute Gasteiger partial charge is 0.467 e. The van der Waals surface area contributed by atoms with Gasteiger partial charge < -0.3 is 14.8 Å². The second-order valence-electron chi connectivity index (χ2n) is 4.98. The van der Waals surface area contributed by atoms with E-state index in [0.717, 1.165) is 10.9 Å². The Balaban J connectivity index is 2.12. The Hall–Kier alpha value is -2.47. The quantitative estimate of drug-likeness (QED) is 0.783. The number of rotatable bonds is 7. The van der Waals surface area contributed by atoms with Crippen LogP contribution < -0.4 is 5.32 Å². The second-order valence-corrected chi connectivity index (χ2v) is 4.98. The summed E-state index contributed by atoms with van der Waals surface area (Å²) in [5.41, 5.74) is 1.55. The number of fused-ring (bicyclic) bond motifs is 1. The van der Waals surface area contributed by atoms with Crippen molar-refractivity contribution in [2.75, 3.05) is 20.3 Å². The molecule has 0 spiro atoms. The number of hydrogen-bond donors (Lipinski definition) is 1. The van der Waals surface area contributed by atoms with Crippen LogP contribution in [0.3, 0.4) is 0 Å². The van der Waals surface area contributed by atoms with Crippen molar-refractivity contribution in [1.29, 1.82) is 0 Å². The highest BCUT2D eigenvalue weighted by atomic mass is 16.5. The summed E-state index contributed by atoms with van der Waals surface area (Å²) in [5, 5.41) is 3.64. The minimum Gasteiger partial charge on any atom is -0.467 e. The molecule has 1 aromatic heterocycles. The number of aromatic nitrogens is 1. The Labute approximate surface area is 134 Å². The molecule has 23 heavy (non-hydrogen) atoms. The summed E-state index contributed by atoms with van der Waals surface area (Å²) in [5.74, 6) is -0.868. The van der Waals surface area contributed by atoms with E-state index in [4.69, 9.17) is 9.47 Å². The molecule has 122 valence electrons. The summed E-state index contributed by atoms with van der Waals surface area (Å²) in [7, 11) is 1.29. The number of methoxy groups -OCH3 is 1. The lowest BCUT2D eigenvalue weighted by molar-refractivity contribution is -0.145. The number of amides is 1. The van der Waals surface area contributed by atoms with Gasteiger partial charge in [0.15, 0.2) is 0 Å². The zero-order valence-electron chi connectivity index (χ0n) is 13.2. The minimum absolute atomic E-state index is 0.0882. The minimum atomic E-state index is -0.790. The van der Waals surface area contributed by atoms with Crippen molar-refractivity contribution in [2.24, 2.45) is 0 Å². The lowest BCUT2D eigenvalue weighted by Gasteiger charge is -2.16. The average Bonchev–Trinajstić information content (AvgIpc) is 2.58. The maximum atomic E-state index is 11.9. The number of hydrogen-bond acceptors (Lipinski definition) is 5. The fourth-order valence-corrected chi connectivity index (χ4v) is 2.20. The monoisotopic (exact) mass is 316 g/mol. The highest BCUT2D eigenvalue weighted by Crippen LogP contribution is 2.13. The first-order valence-electron chi connectivity index (χ1n) is 7.43. The van der Waals surface area contributed by atoms with E-state index in [2.05, 4.69) is 10.3 Å². The molecule has 0 saturated carbocycles. The smallest absolute Gasteiger partial charge is 0.328 e. The summed E-state index contributed by atoms with van der Waals surface area (Å²) in [6.07, 6.45) is 0.259. The number of esters is 1. The third kappa shape index (κ3) is 4.75. The Morgan fingerprint density at radius 2 is 2.00 bits per heavy atom. The maximum absolute atomic E-state index is 11.9. The van der Waals surface area contributed by atoms with Gasteiger partial charge in [-0.15, -0.1) is 0 Å². The van der Waals surface area contributed by atoms with Crippen LogP contribution >= 0.6 is 0 Å². The van der Waals surface area contributed by atoms with Crippen LogP contribution in [-0.4, -0.2) is 43.2 Å². The van der Waals surface area contributed by atoms with Crippen LogP contribution in [0.5, 0.6) is 0 Å². The highest BCUT2D eigenvalue weighted by molar-refractivity contribution is 5.85. The number of carbonyl (C=O) groups excluding carboxylic acids is 2. The number of para-hydroxylation sites is 1. The third-order valence-electron chi connectivity index (χ3n) is 3.33. The van der Waals surface area contributed by atoms with Gasteiger partial charge in [-0.05, 0) is 19.1 Å². The van der Waals surface area contributed by atoms with E-state index in [0.29, 0.717) is 12.3 Å². The molecule has 0 aliphatic carbocycles. The number of nitrogens with zero attached hydrogens (tertiary/aromatic N) is 1. The molecular weight excluding hydrogens is 296 g/mol. The zero-order chi connectivity index (χ0) is 16.7. The first-order chi connectivity index (χ1) is 11.1. The first-order valence-corrected chi connectivity index (χ1v) is 7.43. The Morgan fingerprint density at radius 3 is 2.74 bits per heavy atom. The molecule has 0 saturated heterocycles. The SMILES string of the molecule is CCOCC(=O)N[C@@H](Cc1ccc2ccccc2n1)C(=O)OC. The first kappa shape index (κ1) is 16.9. The van der Waals surface area contributed by atoms with Gasteiger partial charge in [-0.3, -0.25) is 9.78 Å². The highest BCUT2D eigenvalue weighted by Gasteiger charge is 2.22. The number of nitrogens with one attached hydrogen (secondary N) is 1. The predicted octanol–water partition coefficient (Wildman–Crippen LogP) is 1.47. The van der Waals surface area contributed by atoms with E-state index in [1.165, 1.54) is 7.11 Å². The third-order valence-corrected chi connectivity index (χ3v) is 3.33. The van der Waals surface area contributed by atoms with Gasteiger partial charge in [0, 0.05) is 24.1 Å². The van der Waals surface area contributed by atoms with Crippen molar-refractivity contribution in [3.8, 4) is 0 Å². The molecule has 1 heterocycles. The van der Waals surface area contributed by atoms with Crippen molar-refractivity contribution < 1.29 is 19.1 Å². The van der Waals surface area contributed by atoms with E-state index >= 15 is 0 Å². The van der Waals surface area contributed by atoms with E-state index in [9.17, 15) is 9.59 Å². The van der Waals surface area contributed by atoms with Crippen LogP contribution in [0.25, 0.3) is 10.9 Å². The topological polar surface area (TPSA) is 77.5 Å². The van der Waals surface area contributed by atoms with Gasteiger partial charge in [-0.25, -0.2) is 4.79 Å². The summed E-state index contributed by atoms with van der Waals surface area (Å²) in [4.78, 5) is 28.2. The summed E-state index contributed by atoms with van der Waals surface area (Å²) < 4.78 is 9.79. The van der Waals surface area contributed by atoms with Crippen LogP contribution in [0.1, 0.15) is 12.6 Å². The number of ether oxygens (including phenoxy) is 2. The molecule has 1 amide bonds. The fourth-order valence-electron chi connectivity index (χ4n) is 2.20. The van der Waals surface area contributed by atoms with Gasteiger partial charge in [-0.2, -0.15) is 0 Å². The van der Waals surface area contributed by atoms with Gasteiger partial charge in [0.25, 0.3) is 0 Å². The predicted molar refractivity (Wildman–Crippen MR) is 85.9 cm³/mol. The van der Waals surface area contributed by atoms with Crippen molar-refractivity contribution in [3.05, 3.63) is 42.1 Å². The van der Waals surface area contributed by atoms with E-state index < -0.39 is 12.0 Å². The molecular formula is C17H20N2O4. The normalized spacial score (nSPS) is 11.9. The summed E-state index contributed by atoms with van der Waals surface area (Å²) in [6.45, 7) is 2.14. The van der Waals surface area contributed by atoms with Crippen molar-refractivity contribution in [2.45, 2.75) is 19.4 Å². The van der Waals surface area contributed by atoms with Crippen LogP contribution in [-0.2, 0) is 25.5 Å². The van der Waals surface area contributed by atoms with Crippen LogP contribution in [0.15, 0.2) is 36.4 Å². The van der Waals surface area contributed by atoms with Gasteiger partial charge >= 0.3 is 5.97 Å². The molecule has 0 fully saturated rings. The zero-order valence-corrected chi connectivity index (χ0v) is 13.2. The van der Waals surface area contributed by atoms with Crippen LogP contribution in [0.2, 0.25) is 0 Å². The lowest BCUT2D eigenvalue weighted by Crippen LogP contribution is -2.44. The molecule has 0 aliphatic rings. The summed E-state index contributed by atoms with van der Waals surface area (Å²) >= 11 is 0. The van der Waals surface area contributed by atoms with Crippen LogP contribution in [0, 0.1) is 0 Å². The molecule has 1 atom stereocenters. The fraction of sp³-hybridized carbons (Fsp3) is 0.353. The molecule has 2 aromatic rings. The van der Waals surface area contributed by atoms with E-state index in [-0.39, 0.29) is 18.9 Å². The Morgan fingerprint density at radius 1 is 1.22 bits per heavy atom. The Kier molecular flexibility index (Phi) is 6.05. The molecule has 0 bridgehead atoms. The molecule has 2 rings (SSSR count). The van der Waals surface area contributed by atoms with Crippen LogP contribution in [0.4, 0.5) is 0 Å². The van der Waals surface area contributed by atoms with E-state index in [1.54, 1.807) is 6.92 Å². The standard InChI is InChI=1S/C17H20N2O4/c1-3-23-11-16(20)19-15(17(21)22-2)10-13-9-8-12-6-4-5-7-14(12)18-13/h4-9,15H,3,10-11H2,1-2H3,(H,19,20)/t15-/m0/s1. The molecule has 0 unspecified atom stereocenters. The molecule has 0 radical (unpaired) electrons. The molecule has 0 aliphatic heterocycles. The maximum Gasteiger partial charge on any atom is 0.328 e. The second kappa shape index (κ2) is 8.24. The van der Waals surface area contributed by atoms with Crippen molar-refractivity contribution in [3.63, 3.8) is 0 Å². The van der Waals surface area contributed by atoms with Gasteiger partial charge in [0.1, 0.15) is 12.6 Å². The lowest BCUT2D eigenvalue weighted by atomic mass is 10.1. The summed E-state index contributed by atoms with van der Waals surface area (Å²) in [6, 6.07) is 10.7. The van der Waals surface area contributed by atoms with Gasteiger partial charge in [-0.1, -0.05) is 24.3 Å². The average molecular weight is 316 g/mol. The molecule has 1 aromatic carbocycles. The molecule has 6 heteroatoms. The van der Waals surface area contributed by atoms with Crippen molar-refractivity contribution in [1.82, 2.24) is 10.3 Å². The Bertz CT molecular complexity index is 687. The number of pyridine rings is 1. The van der Waals surface area contributed by atoms with E-state index in [1.807, 2.05) is 36.4 Å². The van der Waals surface area contributed by atoms with Crippen molar-refractivity contribution >= 4 is 22.8 Å². The number of benzene rings is 1.